The van der Waals surface area contributed by atoms with Crippen LogP contribution in [0.25, 0.3) is 11.1 Å². The molecule has 0 spiro atoms. The number of hydrogen-bond donors (Lipinski definition) is 2. The van der Waals surface area contributed by atoms with Crippen LogP contribution >= 0.6 is 11.6 Å². The molecule has 2 aromatic carbocycles. The van der Waals surface area contributed by atoms with Crippen molar-refractivity contribution in [2.45, 2.75) is 24.8 Å². The summed E-state index contributed by atoms with van der Waals surface area (Å²) in [5.41, 5.74) is 5.03. The predicted octanol–water partition coefficient (Wildman–Crippen LogP) is 4.28. The zero-order valence-electron chi connectivity index (χ0n) is 13.2. The minimum Gasteiger partial charge on any atom is -0.497 e. The molecule has 2 atom stereocenters. The van der Waals surface area contributed by atoms with Crippen molar-refractivity contribution in [2.75, 3.05) is 25.5 Å². The number of benzene rings is 2. The van der Waals surface area contributed by atoms with Gasteiger partial charge in [-0.15, -0.1) is 0 Å². The van der Waals surface area contributed by atoms with Gasteiger partial charge in [-0.05, 0) is 61.3 Å². The van der Waals surface area contributed by atoms with E-state index in [0.29, 0.717) is 12.0 Å². The average molecular weight is 329 g/mol. The third-order valence-corrected chi connectivity index (χ3v) is 5.35. The van der Waals surface area contributed by atoms with E-state index < -0.39 is 0 Å². The largest absolute Gasteiger partial charge is 0.497 e. The molecule has 2 heterocycles. The lowest BCUT2D eigenvalue weighted by Gasteiger charge is -2.18. The number of methoxy groups -OCH3 is 1. The predicted molar refractivity (Wildman–Crippen MR) is 95.7 cm³/mol. The fraction of sp³-hybridized carbons (Fsp3) is 0.368. The number of nitrogens with one attached hydrogen (secondary N) is 2. The smallest absolute Gasteiger partial charge is 0.120 e. The molecule has 2 N–H and O–H groups in total. The fourth-order valence-corrected chi connectivity index (χ4v) is 4.20. The highest BCUT2D eigenvalue weighted by atomic mass is 35.5. The molecule has 0 saturated carbocycles. The van der Waals surface area contributed by atoms with Gasteiger partial charge in [-0.1, -0.05) is 23.7 Å². The summed E-state index contributed by atoms with van der Waals surface area (Å²) in [6.45, 7) is 2.16. The third-order valence-electron chi connectivity index (χ3n) is 5.03. The van der Waals surface area contributed by atoms with Crippen molar-refractivity contribution in [3.63, 3.8) is 0 Å². The van der Waals surface area contributed by atoms with Crippen LogP contribution in [-0.2, 0) is 0 Å². The molecule has 120 valence electrons. The number of ether oxygens (including phenoxy) is 1. The summed E-state index contributed by atoms with van der Waals surface area (Å²) in [4.78, 5) is 0. The van der Waals surface area contributed by atoms with Crippen LogP contribution in [-0.4, -0.2) is 26.2 Å². The van der Waals surface area contributed by atoms with Crippen LogP contribution in [0.15, 0.2) is 36.4 Å². The molecule has 2 aromatic rings. The van der Waals surface area contributed by atoms with Gasteiger partial charge in [0.1, 0.15) is 5.75 Å². The second-order valence-corrected chi connectivity index (χ2v) is 6.70. The summed E-state index contributed by atoms with van der Waals surface area (Å²) in [6.07, 6.45) is 2.32. The average Bonchev–Trinajstić information content (AvgIpc) is 2.76. The third kappa shape index (κ3) is 2.58. The molecule has 0 aromatic heterocycles. The molecular formula is C19H21ClN2O. The summed E-state index contributed by atoms with van der Waals surface area (Å²) < 4.78 is 5.28. The molecule has 0 aliphatic carbocycles. The first-order valence-corrected chi connectivity index (χ1v) is 8.60. The van der Waals surface area contributed by atoms with Crippen molar-refractivity contribution >= 4 is 17.3 Å². The van der Waals surface area contributed by atoms with E-state index in [1.165, 1.54) is 16.8 Å². The highest BCUT2D eigenvalue weighted by Crippen LogP contribution is 2.46. The number of fused-ring (bicyclic) bond motifs is 3. The van der Waals surface area contributed by atoms with Gasteiger partial charge in [-0.25, -0.2) is 0 Å². The maximum Gasteiger partial charge on any atom is 0.120 e. The first-order valence-electron chi connectivity index (χ1n) is 8.22. The lowest BCUT2D eigenvalue weighted by atomic mass is 9.86. The van der Waals surface area contributed by atoms with Gasteiger partial charge < -0.3 is 15.4 Å². The number of hydrogen-bond acceptors (Lipinski definition) is 3. The molecule has 4 rings (SSSR count). The summed E-state index contributed by atoms with van der Waals surface area (Å²) >= 11 is 6.54. The van der Waals surface area contributed by atoms with E-state index in [4.69, 9.17) is 16.3 Å². The monoisotopic (exact) mass is 328 g/mol. The summed E-state index contributed by atoms with van der Waals surface area (Å²) in [5.74, 6) is 1.34. The highest BCUT2D eigenvalue weighted by molar-refractivity contribution is 6.33. The van der Waals surface area contributed by atoms with Gasteiger partial charge >= 0.3 is 0 Å². The molecule has 0 unspecified atom stereocenters. The molecule has 2 aliphatic heterocycles. The van der Waals surface area contributed by atoms with E-state index in [2.05, 4.69) is 34.9 Å². The van der Waals surface area contributed by atoms with Crippen LogP contribution in [0.3, 0.4) is 0 Å². The van der Waals surface area contributed by atoms with Gasteiger partial charge in [-0.2, -0.15) is 0 Å². The number of halogens is 1. The Morgan fingerprint density at radius 2 is 1.96 bits per heavy atom. The van der Waals surface area contributed by atoms with E-state index in [9.17, 15) is 0 Å². The maximum atomic E-state index is 6.54. The van der Waals surface area contributed by atoms with E-state index in [1.54, 1.807) is 7.11 Å². The lowest BCUT2D eigenvalue weighted by molar-refractivity contribution is 0.415. The van der Waals surface area contributed by atoms with Gasteiger partial charge in [0.25, 0.3) is 0 Å². The fourth-order valence-electron chi connectivity index (χ4n) is 3.93. The quantitative estimate of drug-likeness (QED) is 0.863. The molecule has 0 amide bonds. The number of anilines is 1. The van der Waals surface area contributed by atoms with Crippen molar-refractivity contribution in [3.05, 3.63) is 47.0 Å². The van der Waals surface area contributed by atoms with Gasteiger partial charge in [0, 0.05) is 23.2 Å². The van der Waals surface area contributed by atoms with Crippen LogP contribution < -0.4 is 15.4 Å². The Balaban J connectivity index is 1.81. The lowest BCUT2D eigenvalue weighted by Crippen LogP contribution is -2.21. The van der Waals surface area contributed by atoms with Crippen molar-refractivity contribution < 1.29 is 4.74 Å². The van der Waals surface area contributed by atoms with Gasteiger partial charge in [0.05, 0.1) is 12.1 Å². The normalized spacial score (nSPS) is 22.7. The highest BCUT2D eigenvalue weighted by Gasteiger charge is 2.34. The Hall–Kier alpha value is -1.71. The standard InChI is InChI=1S/C19H21ClN2O/c1-23-12-5-6-13(16(20)11-12)14-3-2-4-18-19(14)15-7-9-21-10-8-17(15)22-18/h2-6,11,15,17,21-22H,7-10H2,1H3/t15-,17+/m1/s1. The van der Waals surface area contributed by atoms with Crippen LogP contribution in [0.1, 0.15) is 24.3 Å². The first kappa shape index (κ1) is 14.9. The molecule has 23 heavy (non-hydrogen) atoms. The molecule has 3 nitrogen and oxygen atoms in total. The molecule has 0 radical (unpaired) electrons. The number of rotatable bonds is 2. The van der Waals surface area contributed by atoms with Crippen molar-refractivity contribution in [1.82, 2.24) is 5.32 Å². The Kier molecular flexibility index (Phi) is 3.92. The summed E-state index contributed by atoms with van der Waals surface area (Å²) in [6, 6.07) is 13.0. The maximum absolute atomic E-state index is 6.54. The van der Waals surface area contributed by atoms with Crippen LogP contribution in [0.4, 0.5) is 5.69 Å². The summed E-state index contributed by atoms with van der Waals surface area (Å²) in [7, 11) is 1.67. The Morgan fingerprint density at radius 3 is 2.78 bits per heavy atom. The SMILES string of the molecule is COc1ccc(-c2cccc3c2[C@@H]2CCNCC[C@@H]2N3)c(Cl)c1. The van der Waals surface area contributed by atoms with E-state index in [-0.39, 0.29) is 0 Å². The van der Waals surface area contributed by atoms with E-state index in [0.717, 1.165) is 42.3 Å². The zero-order chi connectivity index (χ0) is 15.8. The van der Waals surface area contributed by atoms with Crippen LogP contribution in [0.2, 0.25) is 5.02 Å². The molecule has 2 aliphatic rings. The molecule has 1 fully saturated rings. The minimum absolute atomic E-state index is 0.526. The zero-order valence-corrected chi connectivity index (χ0v) is 14.0. The van der Waals surface area contributed by atoms with Gasteiger partial charge in [-0.3, -0.25) is 0 Å². The molecule has 4 heteroatoms. The second kappa shape index (κ2) is 6.06. The van der Waals surface area contributed by atoms with Gasteiger partial charge in [0.2, 0.25) is 0 Å². The van der Waals surface area contributed by atoms with Gasteiger partial charge in [0.15, 0.2) is 0 Å². The van der Waals surface area contributed by atoms with E-state index in [1.807, 2.05) is 12.1 Å². The topological polar surface area (TPSA) is 33.3 Å². The Labute approximate surface area is 142 Å². The van der Waals surface area contributed by atoms with E-state index >= 15 is 0 Å². The summed E-state index contributed by atoms with van der Waals surface area (Å²) in [5, 5.41) is 7.97. The first-order chi connectivity index (χ1) is 11.3. The van der Waals surface area contributed by atoms with Crippen molar-refractivity contribution in [3.8, 4) is 16.9 Å². The van der Waals surface area contributed by atoms with Crippen molar-refractivity contribution in [1.29, 1.82) is 0 Å². The Bertz CT molecular complexity index is 731. The van der Waals surface area contributed by atoms with Crippen molar-refractivity contribution in [2.24, 2.45) is 0 Å². The molecule has 1 saturated heterocycles. The van der Waals surface area contributed by atoms with Crippen LogP contribution in [0, 0.1) is 0 Å². The minimum atomic E-state index is 0.526. The second-order valence-electron chi connectivity index (χ2n) is 6.30. The van der Waals surface area contributed by atoms with Crippen LogP contribution in [0.5, 0.6) is 5.75 Å². The Morgan fingerprint density at radius 1 is 1.09 bits per heavy atom. The molecule has 0 bridgehead atoms. The molecular weight excluding hydrogens is 308 g/mol.